The van der Waals surface area contributed by atoms with Gasteiger partial charge in [0.15, 0.2) is 11.6 Å². The topological polar surface area (TPSA) is 130 Å². The van der Waals surface area contributed by atoms with Gasteiger partial charge in [0.1, 0.15) is 11.3 Å². The summed E-state index contributed by atoms with van der Waals surface area (Å²) in [5.74, 6) is -5.27. The number of aromatic carboxylic acids is 1. The van der Waals surface area contributed by atoms with Crippen LogP contribution in [0.3, 0.4) is 0 Å². The molecule has 0 saturated heterocycles. The number of hydrogen-bond donors (Lipinski definition) is 2. The van der Waals surface area contributed by atoms with Crippen molar-refractivity contribution in [3.63, 3.8) is 0 Å². The zero-order chi connectivity index (χ0) is 30.6. The number of ether oxygens (including phenoxy) is 1. The van der Waals surface area contributed by atoms with Crippen molar-refractivity contribution < 1.29 is 37.0 Å². The first-order valence-electron chi connectivity index (χ1n) is 12.1. The minimum absolute atomic E-state index is 0.0890. The molecule has 0 radical (unpaired) electrons. The molecule has 0 spiro atoms. The summed E-state index contributed by atoms with van der Waals surface area (Å²) in [6.07, 6.45) is 0.220. The summed E-state index contributed by atoms with van der Waals surface area (Å²) < 4.78 is 62.3. The van der Waals surface area contributed by atoms with E-state index in [0.29, 0.717) is 12.1 Å². The number of nitrogens with one attached hydrogen (secondary N) is 1. The summed E-state index contributed by atoms with van der Waals surface area (Å²) in [5, 5.41) is 12.9. The maximum absolute atomic E-state index is 15.3. The van der Waals surface area contributed by atoms with Gasteiger partial charge in [0.25, 0.3) is 5.91 Å². The van der Waals surface area contributed by atoms with Crippen LogP contribution in [0, 0.1) is 5.82 Å². The zero-order valence-corrected chi connectivity index (χ0v) is 22.6. The van der Waals surface area contributed by atoms with E-state index in [0.717, 1.165) is 17.2 Å². The molecule has 15 heteroatoms. The largest absolute Gasteiger partial charge is 0.478 e. The lowest BCUT2D eigenvalue weighted by molar-refractivity contribution is -0.139. The highest BCUT2D eigenvalue weighted by atomic mass is 35.5. The van der Waals surface area contributed by atoms with Crippen molar-refractivity contribution in [1.29, 1.82) is 0 Å². The first-order chi connectivity index (χ1) is 19.8. The van der Waals surface area contributed by atoms with E-state index in [1.807, 2.05) is 0 Å². The molecule has 3 heterocycles. The summed E-state index contributed by atoms with van der Waals surface area (Å²) in [4.78, 5) is 41.9. The number of alkyl halides is 3. The fraction of sp³-hybridized carbons (Fsp3) is 0.185. The Balaban J connectivity index is 1.70. The Morgan fingerprint density at radius 3 is 2.38 bits per heavy atom. The summed E-state index contributed by atoms with van der Waals surface area (Å²) in [6, 6.07) is 5.73. The summed E-state index contributed by atoms with van der Waals surface area (Å²) >= 11 is 5.82. The number of amides is 1. The molecule has 10 nitrogen and oxygen atoms in total. The van der Waals surface area contributed by atoms with Crippen molar-refractivity contribution in [3.05, 3.63) is 94.4 Å². The van der Waals surface area contributed by atoms with Gasteiger partial charge in [-0.2, -0.15) is 13.2 Å². The van der Waals surface area contributed by atoms with Gasteiger partial charge in [-0.05, 0) is 43.7 Å². The fourth-order valence-corrected chi connectivity index (χ4v) is 3.90. The SMILES string of the molecule is CC(C)N(C(=O)c1ccc(Cl)cn1)c1cc(F)c(Oc2ncc(CNc3ncccn3)cc2C(F)(F)F)cc1C(=O)O. The van der Waals surface area contributed by atoms with E-state index in [2.05, 4.69) is 25.3 Å². The van der Waals surface area contributed by atoms with Crippen LogP contribution >= 0.6 is 11.6 Å². The monoisotopic (exact) mass is 604 g/mol. The second kappa shape index (κ2) is 12.3. The lowest BCUT2D eigenvalue weighted by Gasteiger charge is -2.28. The van der Waals surface area contributed by atoms with Crippen molar-refractivity contribution >= 4 is 35.1 Å². The number of carboxylic acid groups (broad SMARTS) is 1. The molecule has 1 aromatic carbocycles. The average Bonchev–Trinajstić information content (AvgIpc) is 2.93. The van der Waals surface area contributed by atoms with Crippen molar-refractivity contribution in [1.82, 2.24) is 19.9 Å². The second-order valence-corrected chi connectivity index (χ2v) is 9.39. The Hall–Kier alpha value is -4.85. The average molecular weight is 605 g/mol. The lowest BCUT2D eigenvalue weighted by Crippen LogP contribution is -2.38. The van der Waals surface area contributed by atoms with Crippen molar-refractivity contribution in [3.8, 4) is 11.6 Å². The summed E-state index contributed by atoms with van der Waals surface area (Å²) in [5.41, 5.74) is -2.31. The van der Waals surface area contributed by atoms with Crippen LogP contribution in [0.4, 0.5) is 29.2 Å². The molecule has 0 aliphatic rings. The Bertz CT molecular complexity index is 1610. The highest BCUT2D eigenvalue weighted by Gasteiger charge is 2.36. The number of pyridine rings is 2. The number of anilines is 2. The van der Waals surface area contributed by atoms with Crippen molar-refractivity contribution in [2.75, 3.05) is 10.2 Å². The molecule has 218 valence electrons. The van der Waals surface area contributed by atoms with Gasteiger partial charge in [-0.25, -0.2) is 29.1 Å². The van der Waals surface area contributed by atoms with Gasteiger partial charge >= 0.3 is 12.1 Å². The van der Waals surface area contributed by atoms with Crippen LogP contribution in [0.25, 0.3) is 0 Å². The molecule has 0 aliphatic heterocycles. The number of rotatable bonds is 9. The van der Waals surface area contributed by atoms with Gasteiger partial charge in [0, 0.05) is 49.5 Å². The van der Waals surface area contributed by atoms with Gasteiger partial charge in [-0.15, -0.1) is 0 Å². The third-order valence-corrected chi connectivity index (χ3v) is 5.88. The van der Waals surface area contributed by atoms with E-state index in [1.165, 1.54) is 30.7 Å². The first kappa shape index (κ1) is 30.1. The number of nitrogens with zero attached hydrogens (tertiary/aromatic N) is 5. The number of hydrogen-bond acceptors (Lipinski definition) is 8. The summed E-state index contributed by atoms with van der Waals surface area (Å²) in [6.45, 7) is 3.00. The van der Waals surface area contributed by atoms with E-state index < -0.39 is 52.7 Å². The van der Waals surface area contributed by atoms with Crippen LogP contribution in [0.15, 0.2) is 61.2 Å². The molecule has 42 heavy (non-hydrogen) atoms. The molecule has 0 bridgehead atoms. The molecule has 0 aliphatic carbocycles. The molecule has 3 aromatic heterocycles. The highest BCUT2D eigenvalue weighted by molar-refractivity contribution is 6.30. The normalized spacial score (nSPS) is 11.3. The molecule has 2 N–H and O–H groups in total. The third kappa shape index (κ3) is 6.89. The van der Waals surface area contributed by atoms with Gasteiger partial charge in [-0.3, -0.25) is 4.79 Å². The van der Waals surface area contributed by atoms with Crippen LogP contribution in [-0.4, -0.2) is 43.0 Å². The van der Waals surface area contributed by atoms with E-state index in [9.17, 15) is 27.9 Å². The van der Waals surface area contributed by atoms with E-state index >= 15 is 4.39 Å². The number of carboxylic acids is 1. The minimum Gasteiger partial charge on any atom is -0.478 e. The van der Waals surface area contributed by atoms with Crippen LogP contribution in [-0.2, 0) is 12.7 Å². The molecule has 4 aromatic rings. The number of carbonyl (C=O) groups is 2. The quantitative estimate of drug-likeness (QED) is 0.213. The van der Waals surface area contributed by atoms with Gasteiger partial charge in [0.2, 0.25) is 11.8 Å². The number of benzene rings is 1. The second-order valence-electron chi connectivity index (χ2n) is 8.96. The summed E-state index contributed by atoms with van der Waals surface area (Å²) in [7, 11) is 0. The van der Waals surface area contributed by atoms with Gasteiger partial charge in [0.05, 0.1) is 16.3 Å². The zero-order valence-electron chi connectivity index (χ0n) is 21.9. The number of aromatic nitrogens is 4. The standard InChI is InChI=1S/C27H21ClF4N6O4/c1-14(2)38(24(39)20-5-4-16(28)13-35-20)21-10-19(29)22(9-17(21)25(40)41)42-23-18(27(30,31)32)8-15(11-36-23)12-37-26-33-6-3-7-34-26/h3-11,13-14H,12H2,1-2H3,(H,40,41)(H,33,34,37). The number of halogens is 5. The van der Waals surface area contributed by atoms with E-state index in [-0.39, 0.29) is 34.5 Å². The Labute approximate surface area is 241 Å². The smallest absolute Gasteiger partial charge is 0.421 e. The maximum atomic E-state index is 15.3. The molecular formula is C27H21ClF4N6O4. The third-order valence-electron chi connectivity index (χ3n) is 5.66. The molecule has 0 saturated carbocycles. The Kier molecular flexibility index (Phi) is 8.85. The minimum atomic E-state index is -4.96. The Morgan fingerprint density at radius 2 is 1.79 bits per heavy atom. The fourth-order valence-electron chi connectivity index (χ4n) is 3.79. The van der Waals surface area contributed by atoms with Gasteiger partial charge in [-0.1, -0.05) is 11.6 Å². The van der Waals surface area contributed by atoms with Crippen LogP contribution < -0.4 is 15.0 Å². The lowest BCUT2D eigenvalue weighted by atomic mass is 10.1. The molecule has 4 rings (SSSR count). The van der Waals surface area contributed by atoms with E-state index in [1.54, 1.807) is 19.9 Å². The van der Waals surface area contributed by atoms with Crippen LogP contribution in [0.1, 0.15) is 45.8 Å². The predicted octanol–water partition coefficient (Wildman–Crippen LogP) is 6.24. The van der Waals surface area contributed by atoms with Crippen LogP contribution in [0.2, 0.25) is 5.02 Å². The molecule has 0 unspecified atom stereocenters. The van der Waals surface area contributed by atoms with Crippen molar-refractivity contribution in [2.24, 2.45) is 0 Å². The molecule has 0 fully saturated rings. The molecule has 1 amide bonds. The van der Waals surface area contributed by atoms with Crippen molar-refractivity contribution in [2.45, 2.75) is 32.6 Å². The highest BCUT2D eigenvalue weighted by Crippen LogP contribution is 2.39. The molecule has 0 atom stereocenters. The van der Waals surface area contributed by atoms with Crippen LogP contribution in [0.5, 0.6) is 11.6 Å². The van der Waals surface area contributed by atoms with Gasteiger partial charge < -0.3 is 20.1 Å². The number of carbonyl (C=O) groups excluding carboxylic acids is 1. The van der Waals surface area contributed by atoms with E-state index in [4.69, 9.17) is 16.3 Å². The first-order valence-corrected chi connectivity index (χ1v) is 12.5. The predicted molar refractivity (Wildman–Crippen MR) is 143 cm³/mol. The Morgan fingerprint density at radius 1 is 1.07 bits per heavy atom. The molecular weight excluding hydrogens is 584 g/mol. The maximum Gasteiger partial charge on any atom is 0.421 e.